The van der Waals surface area contributed by atoms with E-state index in [2.05, 4.69) is 17.6 Å². The van der Waals surface area contributed by atoms with E-state index in [0.717, 1.165) is 31.5 Å². The van der Waals surface area contributed by atoms with Crippen molar-refractivity contribution in [2.24, 2.45) is 5.92 Å². The fourth-order valence-corrected chi connectivity index (χ4v) is 3.75. The molecule has 0 spiro atoms. The quantitative estimate of drug-likeness (QED) is 0.492. The average molecular weight is 468 g/mol. The highest BCUT2D eigenvalue weighted by Crippen LogP contribution is 2.28. The van der Waals surface area contributed by atoms with Gasteiger partial charge in [0.15, 0.2) is 16.6 Å². The Morgan fingerprint density at radius 1 is 1.03 bits per heavy atom. The minimum absolute atomic E-state index is 0.0460. The van der Waals surface area contributed by atoms with Crippen molar-refractivity contribution in [2.45, 2.75) is 19.8 Å². The van der Waals surface area contributed by atoms with Crippen molar-refractivity contribution in [3.8, 4) is 11.5 Å². The van der Waals surface area contributed by atoms with Crippen LogP contribution in [0.25, 0.3) is 6.08 Å². The lowest BCUT2D eigenvalue weighted by atomic mass is 9.98. The predicted octanol–water partition coefficient (Wildman–Crippen LogP) is 4.10. The van der Waals surface area contributed by atoms with E-state index in [-0.39, 0.29) is 16.9 Å². The monoisotopic (exact) mass is 467 g/mol. The van der Waals surface area contributed by atoms with Crippen LogP contribution in [0.5, 0.6) is 11.5 Å². The van der Waals surface area contributed by atoms with Gasteiger partial charge in [0.05, 0.1) is 14.2 Å². The van der Waals surface area contributed by atoms with Crippen molar-refractivity contribution in [3.05, 3.63) is 59.7 Å². The van der Waals surface area contributed by atoms with E-state index in [4.69, 9.17) is 21.7 Å². The summed E-state index contributed by atoms with van der Waals surface area (Å²) >= 11 is 5.22. The molecule has 0 bridgehead atoms. The highest BCUT2D eigenvalue weighted by atomic mass is 32.1. The average Bonchev–Trinajstić information content (AvgIpc) is 2.83. The van der Waals surface area contributed by atoms with Crippen molar-refractivity contribution in [3.63, 3.8) is 0 Å². The third-order valence-corrected chi connectivity index (χ3v) is 5.74. The van der Waals surface area contributed by atoms with Crippen LogP contribution in [0.15, 0.2) is 48.5 Å². The summed E-state index contributed by atoms with van der Waals surface area (Å²) in [6, 6.07) is 12.4. The second-order valence-electron chi connectivity index (χ2n) is 7.94. The fourth-order valence-electron chi connectivity index (χ4n) is 3.53. The SMILES string of the molecule is COc1ccc(/C=C/C(=O)NC(=S)Nc2ccc(C(=O)N3CCC(C)CC3)cc2)cc1OC. The number of hydrogen-bond acceptors (Lipinski definition) is 5. The van der Waals surface area contributed by atoms with Gasteiger partial charge in [-0.05, 0) is 79.0 Å². The molecule has 7 nitrogen and oxygen atoms in total. The molecule has 2 amide bonds. The van der Waals surface area contributed by atoms with Gasteiger partial charge in [0, 0.05) is 30.4 Å². The van der Waals surface area contributed by atoms with Crippen molar-refractivity contribution in [2.75, 3.05) is 32.6 Å². The minimum atomic E-state index is -0.367. The molecule has 0 saturated carbocycles. The number of anilines is 1. The van der Waals surface area contributed by atoms with Crippen molar-refractivity contribution in [1.82, 2.24) is 10.2 Å². The number of nitrogens with zero attached hydrogens (tertiary/aromatic N) is 1. The van der Waals surface area contributed by atoms with Gasteiger partial charge in [-0.1, -0.05) is 13.0 Å². The molecule has 1 heterocycles. The number of methoxy groups -OCH3 is 2. The van der Waals surface area contributed by atoms with E-state index in [9.17, 15) is 9.59 Å². The lowest BCUT2D eigenvalue weighted by Gasteiger charge is -2.30. The molecular weight excluding hydrogens is 438 g/mol. The summed E-state index contributed by atoms with van der Waals surface area (Å²) in [5.41, 5.74) is 2.11. The Kier molecular flexibility index (Phi) is 8.43. The molecule has 1 aliphatic heterocycles. The zero-order valence-electron chi connectivity index (χ0n) is 19.1. The van der Waals surface area contributed by atoms with Gasteiger partial charge in [0.2, 0.25) is 5.91 Å². The zero-order valence-corrected chi connectivity index (χ0v) is 19.9. The molecule has 3 rings (SSSR count). The molecule has 33 heavy (non-hydrogen) atoms. The van der Waals surface area contributed by atoms with Gasteiger partial charge in [-0.2, -0.15) is 0 Å². The van der Waals surface area contributed by atoms with E-state index in [1.807, 2.05) is 11.0 Å². The molecule has 2 aromatic carbocycles. The molecule has 0 aromatic heterocycles. The first-order valence-corrected chi connectivity index (χ1v) is 11.2. The third-order valence-electron chi connectivity index (χ3n) is 5.53. The van der Waals surface area contributed by atoms with E-state index in [0.29, 0.717) is 28.7 Å². The van der Waals surface area contributed by atoms with Gasteiger partial charge in [-0.15, -0.1) is 0 Å². The van der Waals surface area contributed by atoms with Crippen LogP contribution in [-0.4, -0.2) is 49.1 Å². The first kappa shape index (κ1) is 24.3. The highest BCUT2D eigenvalue weighted by Gasteiger charge is 2.21. The van der Waals surface area contributed by atoms with E-state index < -0.39 is 0 Å². The maximum atomic E-state index is 12.7. The number of benzene rings is 2. The number of rotatable bonds is 6. The number of hydrogen-bond donors (Lipinski definition) is 2. The largest absolute Gasteiger partial charge is 0.493 e. The normalized spacial score (nSPS) is 14.1. The standard InChI is InChI=1S/C25H29N3O4S/c1-17-12-14-28(15-13-17)24(30)19-6-8-20(9-7-19)26-25(33)27-23(29)11-5-18-4-10-21(31-2)22(16-18)32-3/h4-11,16-17H,12-15H2,1-3H3,(H2,26,27,29,33)/b11-5+. The Hall–Kier alpha value is -3.39. The molecule has 1 saturated heterocycles. The Bertz CT molecular complexity index is 1030. The summed E-state index contributed by atoms with van der Waals surface area (Å²) in [5.74, 6) is 1.54. The molecule has 1 aliphatic rings. The van der Waals surface area contributed by atoms with Crippen molar-refractivity contribution >= 4 is 40.9 Å². The molecule has 8 heteroatoms. The Morgan fingerprint density at radius 2 is 1.70 bits per heavy atom. The smallest absolute Gasteiger partial charge is 0.253 e. The van der Waals surface area contributed by atoms with Crippen LogP contribution in [0.4, 0.5) is 5.69 Å². The van der Waals surface area contributed by atoms with Gasteiger partial charge in [0.25, 0.3) is 5.91 Å². The maximum absolute atomic E-state index is 12.7. The molecule has 1 fully saturated rings. The third kappa shape index (κ3) is 6.79. The topological polar surface area (TPSA) is 79.9 Å². The highest BCUT2D eigenvalue weighted by molar-refractivity contribution is 7.80. The molecule has 174 valence electrons. The Balaban J connectivity index is 1.51. The van der Waals surface area contributed by atoms with E-state index in [1.165, 1.54) is 6.08 Å². The van der Waals surface area contributed by atoms with Gasteiger partial charge in [0.1, 0.15) is 0 Å². The number of thiocarbonyl (C=S) groups is 1. The number of ether oxygens (including phenoxy) is 2. The fraction of sp³-hybridized carbons (Fsp3) is 0.320. The molecule has 0 aliphatic carbocycles. The number of likely N-dealkylation sites (tertiary alicyclic amines) is 1. The number of piperidine rings is 1. The van der Waals surface area contributed by atoms with Crippen LogP contribution in [0.3, 0.4) is 0 Å². The first-order chi connectivity index (χ1) is 15.9. The summed E-state index contributed by atoms with van der Waals surface area (Å²) in [6.07, 6.45) is 5.12. The van der Waals surface area contributed by atoms with E-state index in [1.54, 1.807) is 56.7 Å². The molecule has 2 aromatic rings. The molecule has 0 radical (unpaired) electrons. The van der Waals surface area contributed by atoms with Crippen molar-refractivity contribution in [1.29, 1.82) is 0 Å². The van der Waals surface area contributed by atoms with Crippen LogP contribution in [0.2, 0.25) is 0 Å². The lowest BCUT2D eigenvalue weighted by Crippen LogP contribution is -2.37. The van der Waals surface area contributed by atoms with Gasteiger partial charge in [-0.3, -0.25) is 14.9 Å². The van der Waals surface area contributed by atoms with Crippen LogP contribution in [0.1, 0.15) is 35.7 Å². The summed E-state index contributed by atoms with van der Waals surface area (Å²) in [7, 11) is 3.12. The summed E-state index contributed by atoms with van der Waals surface area (Å²) < 4.78 is 10.5. The first-order valence-electron chi connectivity index (χ1n) is 10.8. The Morgan fingerprint density at radius 3 is 2.33 bits per heavy atom. The van der Waals surface area contributed by atoms with Crippen LogP contribution in [-0.2, 0) is 4.79 Å². The second kappa shape index (κ2) is 11.5. The maximum Gasteiger partial charge on any atom is 0.253 e. The van der Waals surface area contributed by atoms with Gasteiger partial charge in [-0.25, -0.2) is 0 Å². The Labute approximate surface area is 199 Å². The van der Waals surface area contributed by atoms with Crippen LogP contribution in [0, 0.1) is 5.92 Å². The summed E-state index contributed by atoms with van der Waals surface area (Å²) in [4.78, 5) is 26.8. The number of amides is 2. The van der Waals surface area contributed by atoms with Crippen LogP contribution < -0.4 is 20.1 Å². The van der Waals surface area contributed by atoms with Crippen LogP contribution >= 0.6 is 12.2 Å². The second-order valence-corrected chi connectivity index (χ2v) is 8.35. The predicted molar refractivity (Wildman–Crippen MR) is 134 cm³/mol. The molecular formula is C25H29N3O4S. The minimum Gasteiger partial charge on any atom is -0.493 e. The summed E-state index contributed by atoms with van der Waals surface area (Å²) in [5, 5.41) is 5.73. The van der Waals surface area contributed by atoms with Gasteiger partial charge < -0.3 is 19.7 Å². The lowest BCUT2D eigenvalue weighted by molar-refractivity contribution is -0.115. The number of nitrogens with one attached hydrogen (secondary N) is 2. The molecule has 0 unspecified atom stereocenters. The van der Waals surface area contributed by atoms with Crippen molar-refractivity contribution < 1.29 is 19.1 Å². The number of carbonyl (C=O) groups excluding carboxylic acids is 2. The molecule has 2 N–H and O–H groups in total. The molecule has 0 atom stereocenters. The zero-order chi connectivity index (χ0) is 23.8. The summed E-state index contributed by atoms with van der Waals surface area (Å²) in [6.45, 7) is 3.82. The number of carbonyl (C=O) groups is 2. The van der Waals surface area contributed by atoms with E-state index >= 15 is 0 Å². The van der Waals surface area contributed by atoms with Gasteiger partial charge >= 0.3 is 0 Å².